The highest BCUT2D eigenvalue weighted by Gasteiger charge is 2.11. The fraction of sp³-hybridized carbons (Fsp3) is 0. The van der Waals surface area contributed by atoms with E-state index in [1.807, 2.05) is 0 Å². The molecule has 2 aromatic carbocycles. The molecular formula is C13H11N3O2. The molecular weight excluding hydrogens is 230 g/mol. The molecule has 1 aromatic heterocycles. The summed E-state index contributed by atoms with van der Waals surface area (Å²) in [6, 6.07) is 11.8. The maximum Gasteiger partial charge on any atom is 0.331 e. The minimum atomic E-state index is -0.308. The second-order valence-corrected chi connectivity index (χ2v) is 4.03. The van der Waals surface area contributed by atoms with Gasteiger partial charge < -0.3 is 15.8 Å². The van der Waals surface area contributed by atoms with Gasteiger partial charge in [0.15, 0.2) is 0 Å². The molecule has 5 nitrogen and oxygen atoms in total. The second kappa shape index (κ2) is 3.66. The van der Waals surface area contributed by atoms with Crippen molar-refractivity contribution in [2.45, 2.75) is 0 Å². The maximum atomic E-state index is 12.0. The standard InChI is InChI=1S/C13H11N3O2/c14-8-5-6-10-9(7-8)15-13(18)16(10)11-3-1-2-4-12(11)17/h1-7,17H,14H2,(H,15,18). The number of anilines is 1. The van der Waals surface area contributed by atoms with Gasteiger partial charge in [0.2, 0.25) is 0 Å². The Labute approximate surface area is 102 Å². The van der Waals surface area contributed by atoms with Crippen molar-refractivity contribution < 1.29 is 5.11 Å². The first-order chi connectivity index (χ1) is 8.66. The van der Waals surface area contributed by atoms with Gasteiger partial charge in [0.25, 0.3) is 0 Å². The molecule has 18 heavy (non-hydrogen) atoms. The van der Waals surface area contributed by atoms with Gasteiger partial charge >= 0.3 is 5.69 Å². The molecule has 0 saturated heterocycles. The lowest BCUT2D eigenvalue weighted by Crippen LogP contribution is -2.14. The molecule has 0 aliphatic rings. The van der Waals surface area contributed by atoms with Crippen LogP contribution in [0.1, 0.15) is 0 Å². The van der Waals surface area contributed by atoms with Crippen molar-refractivity contribution >= 4 is 16.7 Å². The van der Waals surface area contributed by atoms with Crippen molar-refractivity contribution in [1.29, 1.82) is 0 Å². The van der Waals surface area contributed by atoms with Crippen LogP contribution in [0.4, 0.5) is 5.69 Å². The lowest BCUT2D eigenvalue weighted by Gasteiger charge is -2.05. The van der Waals surface area contributed by atoms with Gasteiger partial charge in [0.05, 0.1) is 16.7 Å². The van der Waals surface area contributed by atoms with Crippen molar-refractivity contribution in [3.8, 4) is 11.4 Å². The van der Waals surface area contributed by atoms with Gasteiger partial charge in [-0.2, -0.15) is 0 Å². The van der Waals surface area contributed by atoms with E-state index < -0.39 is 0 Å². The number of nitrogen functional groups attached to an aromatic ring is 1. The Morgan fingerprint density at radius 3 is 2.72 bits per heavy atom. The van der Waals surface area contributed by atoms with E-state index in [2.05, 4.69) is 4.98 Å². The molecule has 0 fully saturated rings. The molecule has 90 valence electrons. The Morgan fingerprint density at radius 2 is 1.94 bits per heavy atom. The van der Waals surface area contributed by atoms with Crippen LogP contribution in [0.3, 0.4) is 0 Å². The van der Waals surface area contributed by atoms with Crippen molar-refractivity contribution in [1.82, 2.24) is 9.55 Å². The molecule has 3 aromatic rings. The van der Waals surface area contributed by atoms with Gasteiger partial charge in [-0.05, 0) is 30.3 Å². The van der Waals surface area contributed by atoms with E-state index in [4.69, 9.17) is 5.73 Å². The number of para-hydroxylation sites is 2. The van der Waals surface area contributed by atoms with Gasteiger partial charge in [0.1, 0.15) is 5.75 Å². The SMILES string of the molecule is Nc1ccc2c(c1)[nH]c(=O)n2-c1ccccc1O. The largest absolute Gasteiger partial charge is 0.506 e. The molecule has 0 atom stereocenters. The number of rotatable bonds is 1. The molecule has 5 heteroatoms. The average Bonchev–Trinajstić information content (AvgIpc) is 2.65. The summed E-state index contributed by atoms with van der Waals surface area (Å²) in [5, 5.41) is 9.82. The smallest absolute Gasteiger partial charge is 0.331 e. The van der Waals surface area contributed by atoms with Gasteiger partial charge in [-0.3, -0.25) is 4.57 Å². The lowest BCUT2D eigenvalue weighted by molar-refractivity contribution is 0.472. The first-order valence-corrected chi connectivity index (χ1v) is 5.45. The molecule has 0 unspecified atom stereocenters. The minimum Gasteiger partial charge on any atom is -0.506 e. The Kier molecular flexibility index (Phi) is 2.13. The summed E-state index contributed by atoms with van der Waals surface area (Å²) < 4.78 is 1.42. The van der Waals surface area contributed by atoms with E-state index in [1.165, 1.54) is 10.6 Å². The number of nitrogens with one attached hydrogen (secondary N) is 1. The van der Waals surface area contributed by atoms with Crippen molar-refractivity contribution in [2.75, 3.05) is 5.73 Å². The molecule has 3 rings (SSSR count). The maximum absolute atomic E-state index is 12.0. The number of benzene rings is 2. The molecule has 0 radical (unpaired) electrons. The average molecular weight is 241 g/mol. The number of phenolic OH excluding ortho intramolecular Hbond substituents is 1. The molecule has 0 spiro atoms. The third-order valence-corrected chi connectivity index (χ3v) is 2.83. The summed E-state index contributed by atoms with van der Waals surface area (Å²) in [5.41, 5.74) is 7.70. The Bertz CT molecular complexity index is 786. The zero-order chi connectivity index (χ0) is 12.7. The monoisotopic (exact) mass is 241 g/mol. The van der Waals surface area contributed by atoms with Crippen LogP contribution in [0.25, 0.3) is 16.7 Å². The van der Waals surface area contributed by atoms with Gasteiger partial charge in [-0.1, -0.05) is 12.1 Å². The van der Waals surface area contributed by atoms with Gasteiger partial charge in [-0.25, -0.2) is 4.79 Å². The number of aromatic hydroxyl groups is 1. The lowest BCUT2D eigenvalue weighted by atomic mass is 10.2. The van der Waals surface area contributed by atoms with E-state index in [9.17, 15) is 9.90 Å². The molecule has 0 amide bonds. The first-order valence-electron chi connectivity index (χ1n) is 5.45. The van der Waals surface area contributed by atoms with Crippen LogP contribution in [-0.4, -0.2) is 14.7 Å². The van der Waals surface area contributed by atoms with Crippen molar-refractivity contribution in [3.05, 3.63) is 52.9 Å². The predicted molar refractivity (Wildman–Crippen MR) is 70.0 cm³/mol. The van der Waals surface area contributed by atoms with Crippen LogP contribution < -0.4 is 11.4 Å². The summed E-state index contributed by atoms with van der Waals surface area (Å²) >= 11 is 0. The summed E-state index contributed by atoms with van der Waals surface area (Å²) in [7, 11) is 0. The number of nitrogens with zero attached hydrogens (tertiary/aromatic N) is 1. The molecule has 0 aliphatic heterocycles. The van der Waals surface area contributed by atoms with Crippen LogP contribution in [0.5, 0.6) is 5.75 Å². The number of hydrogen-bond donors (Lipinski definition) is 3. The fourth-order valence-corrected chi connectivity index (χ4v) is 2.02. The quantitative estimate of drug-likeness (QED) is 0.566. The molecule has 4 N–H and O–H groups in total. The van der Waals surface area contributed by atoms with Gasteiger partial charge in [0, 0.05) is 5.69 Å². The zero-order valence-corrected chi connectivity index (χ0v) is 9.42. The summed E-state index contributed by atoms with van der Waals surface area (Å²) in [6.07, 6.45) is 0. The molecule has 1 heterocycles. The van der Waals surface area contributed by atoms with Crippen LogP contribution in [0, 0.1) is 0 Å². The highest BCUT2D eigenvalue weighted by atomic mass is 16.3. The number of aromatic amines is 1. The Balaban J connectivity index is 2.40. The predicted octanol–water partition coefficient (Wildman–Crippen LogP) is 1.61. The Hall–Kier alpha value is -2.69. The van der Waals surface area contributed by atoms with Crippen molar-refractivity contribution in [3.63, 3.8) is 0 Å². The molecule has 0 bridgehead atoms. The Morgan fingerprint density at radius 1 is 1.17 bits per heavy atom. The van der Waals surface area contributed by atoms with E-state index in [-0.39, 0.29) is 11.4 Å². The summed E-state index contributed by atoms with van der Waals surface area (Å²) in [5.74, 6) is 0.0531. The normalized spacial score (nSPS) is 10.9. The third kappa shape index (κ3) is 1.45. The number of phenols is 1. The van der Waals surface area contributed by atoms with Crippen LogP contribution in [0.15, 0.2) is 47.3 Å². The number of hydrogen-bond acceptors (Lipinski definition) is 3. The number of fused-ring (bicyclic) bond motifs is 1. The fourth-order valence-electron chi connectivity index (χ4n) is 2.02. The summed E-state index contributed by atoms with van der Waals surface area (Å²) in [4.78, 5) is 14.7. The first kappa shape index (κ1) is 10.5. The van der Waals surface area contributed by atoms with E-state index in [0.29, 0.717) is 22.4 Å². The molecule has 0 saturated carbocycles. The van der Waals surface area contributed by atoms with E-state index in [0.717, 1.165) is 0 Å². The second-order valence-electron chi connectivity index (χ2n) is 4.03. The summed E-state index contributed by atoms with van der Waals surface area (Å²) in [6.45, 7) is 0. The zero-order valence-electron chi connectivity index (χ0n) is 9.42. The van der Waals surface area contributed by atoms with E-state index in [1.54, 1.807) is 36.4 Å². The highest BCUT2D eigenvalue weighted by Crippen LogP contribution is 2.23. The number of nitrogens with two attached hydrogens (primary N) is 1. The van der Waals surface area contributed by atoms with Crippen LogP contribution in [0.2, 0.25) is 0 Å². The van der Waals surface area contributed by atoms with E-state index >= 15 is 0 Å². The van der Waals surface area contributed by atoms with Gasteiger partial charge in [-0.15, -0.1) is 0 Å². The number of imidazole rings is 1. The molecule has 0 aliphatic carbocycles. The van der Waals surface area contributed by atoms with Crippen LogP contribution >= 0.6 is 0 Å². The minimum absolute atomic E-state index is 0.0531. The topological polar surface area (TPSA) is 84.0 Å². The number of H-pyrrole nitrogens is 1. The number of aromatic nitrogens is 2. The third-order valence-electron chi connectivity index (χ3n) is 2.83. The van der Waals surface area contributed by atoms with Crippen LogP contribution in [-0.2, 0) is 0 Å². The highest BCUT2D eigenvalue weighted by molar-refractivity contribution is 5.81. The van der Waals surface area contributed by atoms with Crippen molar-refractivity contribution in [2.24, 2.45) is 0 Å².